The van der Waals surface area contributed by atoms with Crippen LogP contribution in [0.5, 0.6) is 0 Å². The van der Waals surface area contributed by atoms with Gasteiger partial charge in [0.15, 0.2) is 0 Å². The Morgan fingerprint density at radius 2 is 2.00 bits per heavy atom. The van der Waals surface area contributed by atoms with E-state index in [1.165, 1.54) is 4.90 Å². The zero-order valence-corrected chi connectivity index (χ0v) is 11.5. The van der Waals surface area contributed by atoms with Crippen molar-refractivity contribution in [2.75, 3.05) is 11.6 Å². The smallest absolute Gasteiger partial charge is 0.248 e. The Morgan fingerprint density at radius 1 is 1.21 bits per heavy atom. The third-order valence-electron chi connectivity index (χ3n) is 2.78. The highest BCUT2D eigenvalue weighted by atomic mass is 32.2. The van der Waals surface area contributed by atoms with Gasteiger partial charge in [-0.15, -0.1) is 11.8 Å². The molecule has 0 bridgehead atoms. The summed E-state index contributed by atoms with van der Waals surface area (Å²) in [5.74, 6) is -0.397. The average Bonchev–Trinajstić information content (AvgIpc) is 2.45. The first kappa shape index (κ1) is 13.5. The normalized spacial score (nSPS) is 10.2. The molecule has 0 aliphatic carbocycles. The molecule has 0 radical (unpaired) electrons. The molecule has 98 valence electrons. The van der Waals surface area contributed by atoms with Crippen molar-refractivity contribution < 1.29 is 4.79 Å². The molecular weight excluding hydrogens is 256 g/mol. The third-order valence-corrected chi connectivity index (χ3v) is 3.50. The predicted molar refractivity (Wildman–Crippen MR) is 80.5 cm³/mol. The number of primary amides is 1. The first-order chi connectivity index (χ1) is 9.19. The Balaban J connectivity index is 2.05. The van der Waals surface area contributed by atoms with Gasteiger partial charge in [-0.3, -0.25) is 4.79 Å². The van der Waals surface area contributed by atoms with Crippen LogP contribution in [-0.4, -0.2) is 12.2 Å². The van der Waals surface area contributed by atoms with E-state index < -0.39 is 5.91 Å². The van der Waals surface area contributed by atoms with Crippen molar-refractivity contribution in [2.45, 2.75) is 11.4 Å². The third kappa shape index (κ3) is 3.76. The molecule has 0 aromatic heterocycles. The fourth-order valence-corrected chi connectivity index (χ4v) is 2.23. The largest absolute Gasteiger partial charge is 0.381 e. The lowest BCUT2D eigenvalue weighted by molar-refractivity contribution is 0.1000. The topological polar surface area (TPSA) is 55.1 Å². The minimum absolute atomic E-state index is 0.397. The van der Waals surface area contributed by atoms with Crippen molar-refractivity contribution >= 4 is 23.4 Å². The lowest BCUT2D eigenvalue weighted by atomic mass is 10.1. The SMILES string of the molecule is CSc1cccc(NCc2cccc(C(N)=O)c2)c1. The monoisotopic (exact) mass is 272 g/mol. The van der Waals surface area contributed by atoms with Gasteiger partial charge in [-0.25, -0.2) is 0 Å². The van der Waals surface area contributed by atoms with Crippen LogP contribution in [0.1, 0.15) is 15.9 Å². The van der Waals surface area contributed by atoms with Gasteiger partial charge in [-0.1, -0.05) is 18.2 Å². The zero-order chi connectivity index (χ0) is 13.7. The van der Waals surface area contributed by atoms with Gasteiger partial charge < -0.3 is 11.1 Å². The molecule has 19 heavy (non-hydrogen) atoms. The summed E-state index contributed by atoms with van der Waals surface area (Å²) >= 11 is 1.71. The van der Waals surface area contributed by atoms with Crippen molar-refractivity contribution in [2.24, 2.45) is 5.73 Å². The van der Waals surface area contributed by atoms with Gasteiger partial charge >= 0.3 is 0 Å². The van der Waals surface area contributed by atoms with E-state index >= 15 is 0 Å². The van der Waals surface area contributed by atoms with E-state index in [1.54, 1.807) is 17.8 Å². The number of anilines is 1. The van der Waals surface area contributed by atoms with E-state index in [2.05, 4.69) is 23.7 Å². The van der Waals surface area contributed by atoms with Crippen LogP contribution in [0.3, 0.4) is 0 Å². The molecular formula is C15H16N2OS. The zero-order valence-electron chi connectivity index (χ0n) is 10.7. The highest BCUT2D eigenvalue weighted by Gasteiger charge is 2.01. The first-order valence-electron chi connectivity index (χ1n) is 5.96. The van der Waals surface area contributed by atoms with E-state index in [1.807, 2.05) is 30.3 Å². The van der Waals surface area contributed by atoms with E-state index in [9.17, 15) is 4.79 Å². The van der Waals surface area contributed by atoms with Crippen molar-refractivity contribution in [3.8, 4) is 0 Å². The Hall–Kier alpha value is -1.94. The molecule has 0 heterocycles. The Kier molecular flexibility index (Phi) is 4.47. The van der Waals surface area contributed by atoms with Gasteiger partial charge in [0, 0.05) is 22.7 Å². The Morgan fingerprint density at radius 3 is 2.74 bits per heavy atom. The maximum Gasteiger partial charge on any atom is 0.248 e. The fraction of sp³-hybridized carbons (Fsp3) is 0.133. The lowest BCUT2D eigenvalue weighted by Gasteiger charge is -2.08. The first-order valence-corrected chi connectivity index (χ1v) is 7.18. The van der Waals surface area contributed by atoms with E-state index in [0.29, 0.717) is 12.1 Å². The minimum atomic E-state index is -0.397. The molecule has 0 aliphatic rings. The van der Waals surface area contributed by atoms with Crippen molar-refractivity contribution in [1.82, 2.24) is 0 Å². The molecule has 3 nitrogen and oxygen atoms in total. The molecule has 0 spiro atoms. The summed E-state index contributed by atoms with van der Waals surface area (Å²) in [5, 5.41) is 3.34. The van der Waals surface area contributed by atoms with Gasteiger partial charge in [0.1, 0.15) is 0 Å². The molecule has 2 aromatic rings. The number of rotatable bonds is 5. The highest BCUT2D eigenvalue weighted by Crippen LogP contribution is 2.19. The highest BCUT2D eigenvalue weighted by molar-refractivity contribution is 7.98. The summed E-state index contributed by atoms with van der Waals surface area (Å²) in [6.45, 7) is 0.666. The molecule has 0 fully saturated rings. The molecule has 3 N–H and O–H groups in total. The maximum atomic E-state index is 11.1. The number of nitrogens with two attached hydrogens (primary N) is 1. The van der Waals surface area contributed by atoms with Crippen molar-refractivity contribution in [3.05, 3.63) is 59.7 Å². The summed E-state index contributed by atoms with van der Waals surface area (Å²) in [5.41, 5.74) is 7.90. The van der Waals surface area contributed by atoms with Crippen LogP contribution in [-0.2, 0) is 6.54 Å². The van der Waals surface area contributed by atoms with Gasteiger partial charge in [-0.05, 0) is 42.2 Å². The average molecular weight is 272 g/mol. The molecule has 0 atom stereocenters. The molecule has 0 saturated carbocycles. The second-order valence-corrected chi connectivity index (χ2v) is 5.03. The van der Waals surface area contributed by atoms with Crippen LogP contribution in [0.15, 0.2) is 53.4 Å². The lowest BCUT2D eigenvalue weighted by Crippen LogP contribution is -2.11. The standard InChI is InChI=1S/C15H16N2OS/c1-19-14-7-3-6-13(9-14)17-10-11-4-2-5-12(8-11)15(16)18/h2-9,17H,10H2,1H3,(H2,16,18). The number of benzene rings is 2. The molecule has 0 unspecified atom stereocenters. The quantitative estimate of drug-likeness (QED) is 0.822. The summed E-state index contributed by atoms with van der Waals surface area (Å²) in [4.78, 5) is 12.3. The van der Waals surface area contributed by atoms with Crippen LogP contribution < -0.4 is 11.1 Å². The van der Waals surface area contributed by atoms with Crippen LogP contribution in [0.25, 0.3) is 0 Å². The minimum Gasteiger partial charge on any atom is -0.381 e. The number of amides is 1. The number of carbonyl (C=O) groups is 1. The Bertz CT molecular complexity index is 584. The summed E-state index contributed by atoms with van der Waals surface area (Å²) in [7, 11) is 0. The van der Waals surface area contributed by atoms with Gasteiger partial charge in [0.05, 0.1) is 0 Å². The number of hydrogen-bond donors (Lipinski definition) is 2. The van der Waals surface area contributed by atoms with Gasteiger partial charge in [0.2, 0.25) is 5.91 Å². The molecule has 2 aromatic carbocycles. The van der Waals surface area contributed by atoms with Crippen LogP contribution in [0, 0.1) is 0 Å². The number of hydrogen-bond acceptors (Lipinski definition) is 3. The van der Waals surface area contributed by atoms with Gasteiger partial charge in [0.25, 0.3) is 0 Å². The maximum absolute atomic E-state index is 11.1. The van der Waals surface area contributed by atoms with Crippen molar-refractivity contribution in [3.63, 3.8) is 0 Å². The Labute approximate surface area is 117 Å². The van der Waals surface area contributed by atoms with E-state index in [0.717, 1.165) is 11.3 Å². The molecule has 0 saturated heterocycles. The summed E-state index contributed by atoms with van der Waals surface area (Å²) in [6.07, 6.45) is 2.05. The second-order valence-electron chi connectivity index (χ2n) is 4.15. The summed E-state index contributed by atoms with van der Waals surface area (Å²) < 4.78 is 0. The van der Waals surface area contributed by atoms with Gasteiger partial charge in [-0.2, -0.15) is 0 Å². The number of carbonyl (C=O) groups excluding carboxylic acids is 1. The second kappa shape index (κ2) is 6.29. The molecule has 4 heteroatoms. The van der Waals surface area contributed by atoms with Crippen LogP contribution >= 0.6 is 11.8 Å². The predicted octanol–water partition coefficient (Wildman–Crippen LogP) is 3.12. The van der Waals surface area contributed by atoms with Crippen molar-refractivity contribution in [1.29, 1.82) is 0 Å². The van der Waals surface area contributed by atoms with Crippen LogP contribution in [0.2, 0.25) is 0 Å². The van der Waals surface area contributed by atoms with Crippen LogP contribution in [0.4, 0.5) is 5.69 Å². The van der Waals surface area contributed by atoms with E-state index in [4.69, 9.17) is 5.73 Å². The fourth-order valence-electron chi connectivity index (χ4n) is 1.77. The number of thioether (sulfide) groups is 1. The molecule has 2 rings (SSSR count). The molecule has 0 aliphatic heterocycles. The number of nitrogens with one attached hydrogen (secondary N) is 1. The van der Waals surface area contributed by atoms with E-state index in [-0.39, 0.29) is 0 Å². The molecule has 1 amide bonds. The summed E-state index contributed by atoms with van der Waals surface area (Å²) in [6, 6.07) is 15.6.